The Balaban J connectivity index is 0.00000156. The molecule has 6 heteroatoms. The number of carbonyl (C=O) groups is 1. The molecular weight excluding hydrogens is 357 g/mol. The van der Waals surface area contributed by atoms with Crippen LogP contribution in [0.1, 0.15) is 22.3 Å². The summed E-state index contributed by atoms with van der Waals surface area (Å²) >= 11 is 0. The molecule has 0 atom stereocenters. The Labute approximate surface area is 161 Å². The van der Waals surface area contributed by atoms with Crippen molar-refractivity contribution < 1.29 is 4.79 Å². The van der Waals surface area contributed by atoms with Gasteiger partial charge in [0.1, 0.15) is 0 Å². The second-order valence-electron chi connectivity index (χ2n) is 5.99. The van der Waals surface area contributed by atoms with E-state index in [0.717, 1.165) is 39.1 Å². The van der Waals surface area contributed by atoms with Crippen LogP contribution in [0, 0.1) is 0 Å². The van der Waals surface area contributed by atoms with Crippen LogP contribution in [0.3, 0.4) is 0 Å². The van der Waals surface area contributed by atoms with Crippen molar-refractivity contribution >= 4 is 36.4 Å². The molecule has 25 heavy (non-hydrogen) atoms. The standard InChI is InChI=1S/C19H23N3O.2ClH/c20-18-10-5-4-9-17(18)19(23)22-12-6-11-21(13-14-22)15-16-7-2-1-3-8-16;;/h1-5,7-10H,6,11-15,20H2;2*1H. The Morgan fingerprint density at radius 2 is 1.56 bits per heavy atom. The maximum atomic E-state index is 12.7. The second kappa shape index (κ2) is 10.3. The minimum Gasteiger partial charge on any atom is -0.398 e. The number of nitrogen functional groups attached to an aromatic ring is 1. The first kappa shape index (κ1) is 21.3. The number of halogens is 2. The van der Waals surface area contributed by atoms with Crippen LogP contribution < -0.4 is 5.73 Å². The van der Waals surface area contributed by atoms with Gasteiger partial charge in [0.15, 0.2) is 0 Å². The van der Waals surface area contributed by atoms with Crippen LogP contribution in [0.5, 0.6) is 0 Å². The molecule has 1 heterocycles. The van der Waals surface area contributed by atoms with E-state index in [-0.39, 0.29) is 30.7 Å². The van der Waals surface area contributed by atoms with E-state index < -0.39 is 0 Å². The number of amides is 1. The van der Waals surface area contributed by atoms with Crippen LogP contribution in [-0.2, 0) is 6.54 Å². The molecule has 2 aromatic rings. The zero-order valence-corrected chi connectivity index (χ0v) is 15.8. The van der Waals surface area contributed by atoms with Crippen molar-refractivity contribution in [2.75, 3.05) is 31.9 Å². The van der Waals surface area contributed by atoms with Gasteiger partial charge in [-0.3, -0.25) is 9.69 Å². The molecule has 0 radical (unpaired) electrons. The van der Waals surface area contributed by atoms with E-state index in [0.29, 0.717) is 11.3 Å². The van der Waals surface area contributed by atoms with Crippen LogP contribution >= 0.6 is 24.8 Å². The normalized spacial score (nSPS) is 14.8. The van der Waals surface area contributed by atoms with Gasteiger partial charge in [0.25, 0.3) is 5.91 Å². The van der Waals surface area contributed by atoms with Gasteiger partial charge in [-0.05, 0) is 24.1 Å². The largest absolute Gasteiger partial charge is 0.398 e. The summed E-state index contributed by atoms with van der Waals surface area (Å²) in [6.45, 7) is 4.39. The van der Waals surface area contributed by atoms with Gasteiger partial charge < -0.3 is 10.6 Å². The summed E-state index contributed by atoms with van der Waals surface area (Å²) in [5.41, 5.74) is 8.43. The number of nitrogens with two attached hydrogens (primary N) is 1. The van der Waals surface area contributed by atoms with Gasteiger partial charge in [0.2, 0.25) is 0 Å². The molecule has 4 nitrogen and oxygen atoms in total. The number of benzene rings is 2. The quantitative estimate of drug-likeness (QED) is 0.828. The molecule has 2 N–H and O–H groups in total. The molecule has 0 spiro atoms. The summed E-state index contributed by atoms with van der Waals surface area (Å²) in [6.07, 6.45) is 0.991. The van der Waals surface area contributed by atoms with Gasteiger partial charge in [-0.25, -0.2) is 0 Å². The van der Waals surface area contributed by atoms with Gasteiger partial charge in [-0.1, -0.05) is 42.5 Å². The molecule has 0 aliphatic carbocycles. The summed E-state index contributed by atoms with van der Waals surface area (Å²) in [5.74, 6) is 0.0460. The summed E-state index contributed by atoms with van der Waals surface area (Å²) in [6, 6.07) is 17.8. The van der Waals surface area contributed by atoms with E-state index in [1.807, 2.05) is 29.2 Å². The topological polar surface area (TPSA) is 49.6 Å². The molecular formula is C19H25Cl2N3O. The number of nitrogens with zero attached hydrogens (tertiary/aromatic N) is 2. The first-order valence-electron chi connectivity index (χ1n) is 8.14. The molecule has 0 saturated carbocycles. The van der Waals surface area contributed by atoms with Gasteiger partial charge >= 0.3 is 0 Å². The lowest BCUT2D eigenvalue weighted by Gasteiger charge is -2.22. The lowest BCUT2D eigenvalue weighted by Crippen LogP contribution is -2.35. The van der Waals surface area contributed by atoms with Crippen LogP contribution in [0.4, 0.5) is 5.69 Å². The molecule has 1 amide bonds. The van der Waals surface area contributed by atoms with E-state index in [9.17, 15) is 4.79 Å². The molecule has 1 fully saturated rings. The zero-order chi connectivity index (χ0) is 16.1. The van der Waals surface area contributed by atoms with Crippen molar-refractivity contribution in [3.05, 3.63) is 65.7 Å². The molecule has 0 bridgehead atoms. The molecule has 1 saturated heterocycles. The first-order valence-corrected chi connectivity index (χ1v) is 8.14. The van der Waals surface area contributed by atoms with Crippen LogP contribution in [0.15, 0.2) is 54.6 Å². The SMILES string of the molecule is Cl.Cl.Nc1ccccc1C(=O)N1CCCN(Cc2ccccc2)CC1. The molecule has 1 aliphatic heterocycles. The van der Waals surface area contributed by atoms with Crippen molar-refractivity contribution in [3.63, 3.8) is 0 Å². The van der Waals surface area contributed by atoms with E-state index in [4.69, 9.17) is 5.73 Å². The highest BCUT2D eigenvalue weighted by molar-refractivity contribution is 5.99. The third-order valence-electron chi connectivity index (χ3n) is 4.32. The maximum absolute atomic E-state index is 12.7. The third-order valence-corrected chi connectivity index (χ3v) is 4.32. The highest BCUT2D eigenvalue weighted by atomic mass is 35.5. The molecule has 2 aromatic carbocycles. The summed E-state index contributed by atoms with van der Waals surface area (Å²) < 4.78 is 0. The summed E-state index contributed by atoms with van der Waals surface area (Å²) in [7, 11) is 0. The average Bonchev–Trinajstić information content (AvgIpc) is 2.81. The predicted octanol–water partition coefficient (Wildman–Crippen LogP) is 3.46. The number of rotatable bonds is 3. The minimum atomic E-state index is 0. The van der Waals surface area contributed by atoms with Crippen molar-refractivity contribution in [1.82, 2.24) is 9.80 Å². The van der Waals surface area contributed by atoms with Crippen molar-refractivity contribution in [3.8, 4) is 0 Å². The van der Waals surface area contributed by atoms with Gasteiger partial charge in [-0.2, -0.15) is 0 Å². The predicted molar refractivity (Wildman–Crippen MR) is 108 cm³/mol. The number of para-hydroxylation sites is 1. The summed E-state index contributed by atoms with van der Waals surface area (Å²) in [5, 5.41) is 0. The average molecular weight is 382 g/mol. The van der Waals surface area contributed by atoms with Crippen LogP contribution in [0.25, 0.3) is 0 Å². The Morgan fingerprint density at radius 3 is 2.28 bits per heavy atom. The van der Waals surface area contributed by atoms with Gasteiger partial charge in [-0.15, -0.1) is 24.8 Å². The summed E-state index contributed by atoms with van der Waals surface area (Å²) in [4.78, 5) is 17.0. The Hall–Kier alpha value is -1.75. The number of carbonyl (C=O) groups excluding carboxylic acids is 1. The van der Waals surface area contributed by atoms with Crippen molar-refractivity contribution in [1.29, 1.82) is 0 Å². The highest BCUT2D eigenvalue weighted by Gasteiger charge is 2.21. The van der Waals surface area contributed by atoms with E-state index >= 15 is 0 Å². The maximum Gasteiger partial charge on any atom is 0.255 e. The van der Waals surface area contributed by atoms with E-state index in [1.165, 1.54) is 5.56 Å². The molecule has 1 aliphatic rings. The van der Waals surface area contributed by atoms with Crippen molar-refractivity contribution in [2.45, 2.75) is 13.0 Å². The number of hydrogen-bond donors (Lipinski definition) is 1. The second-order valence-corrected chi connectivity index (χ2v) is 5.99. The van der Waals surface area contributed by atoms with Gasteiger partial charge in [0, 0.05) is 38.4 Å². The van der Waals surface area contributed by atoms with E-state index in [2.05, 4.69) is 29.2 Å². The Morgan fingerprint density at radius 1 is 0.880 bits per heavy atom. The number of anilines is 1. The Bertz CT molecular complexity index is 667. The first-order chi connectivity index (χ1) is 11.2. The number of hydrogen-bond acceptors (Lipinski definition) is 3. The fraction of sp³-hybridized carbons (Fsp3) is 0.316. The zero-order valence-electron chi connectivity index (χ0n) is 14.1. The van der Waals surface area contributed by atoms with Gasteiger partial charge in [0.05, 0.1) is 5.56 Å². The Kier molecular flexibility index (Phi) is 8.76. The fourth-order valence-electron chi connectivity index (χ4n) is 3.04. The molecule has 136 valence electrons. The monoisotopic (exact) mass is 381 g/mol. The highest BCUT2D eigenvalue weighted by Crippen LogP contribution is 2.16. The lowest BCUT2D eigenvalue weighted by molar-refractivity contribution is 0.0762. The van der Waals surface area contributed by atoms with Crippen molar-refractivity contribution in [2.24, 2.45) is 0 Å². The lowest BCUT2D eigenvalue weighted by atomic mass is 10.1. The third kappa shape index (κ3) is 5.63. The van der Waals surface area contributed by atoms with Crippen LogP contribution in [0.2, 0.25) is 0 Å². The fourth-order valence-corrected chi connectivity index (χ4v) is 3.04. The smallest absolute Gasteiger partial charge is 0.255 e. The molecule has 0 unspecified atom stereocenters. The van der Waals surface area contributed by atoms with E-state index in [1.54, 1.807) is 6.07 Å². The minimum absolute atomic E-state index is 0. The molecule has 0 aromatic heterocycles. The van der Waals surface area contributed by atoms with Crippen LogP contribution in [-0.4, -0.2) is 41.9 Å². The molecule has 3 rings (SSSR count).